The predicted octanol–water partition coefficient (Wildman–Crippen LogP) is 8.01. The Morgan fingerprint density at radius 1 is 0.621 bits per heavy atom. The normalized spacial score (nSPS) is 27.8. The maximum atomic E-state index is 14.7. The molecule has 2 aromatic carbocycles. The molecule has 0 heterocycles. The third kappa shape index (κ3) is 4.51. The third-order valence-electron chi connectivity index (χ3n) is 7.19. The summed E-state index contributed by atoms with van der Waals surface area (Å²) in [5, 5.41) is 0. The van der Waals surface area contributed by atoms with E-state index in [9.17, 15) is 17.6 Å². The van der Waals surface area contributed by atoms with Crippen LogP contribution in [0.3, 0.4) is 0 Å². The molecular formula is C25H28F4. The number of hydrogen-bond acceptors (Lipinski definition) is 0. The quantitative estimate of drug-likeness (QED) is 0.455. The summed E-state index contributed by atoms with van der Waals surface area (Å²) in [6, 6.07) is 5.32. The summed E-state index contributed by atoms with van der Waals surface area (Å²) in [6.07, 6.45) is 9.41. The molecule has 0 unspecified atom stereocenters. The second-order valence-corrected chi connectivity index (χ2v) is 9.15. The predicted molar refractivity (Wildman–Crippen MR) is 108 cm³/mol. The molecule has 0 atom stereocenters. The van der Waals surface area contributed by atoms with Gasteiger partial charge in [0.05, 0.1) is 5.56 Å². The Bertz CT molecular complexity index is 816. The van der Waals surface area contributed by atoms with Crippen molar-refractivity contribution in [3.05, 3.63) is 59.2 Å². The topological polar surface area (TPSA) is 0 Å². The van der Waals surface area contributed by atoms with Crippen LogP contribution in [0.15, 0.2) is 30.3 Å². The van der Waals surface area contributed by atoms with Crippen LogP contribution in [0.25, 0.3) is 11.1 Å². The lowest BCUT2D eigenvalue weighted by Crippen LogP contribution is -2.24. The Morgan fingerprint density at radius 2 is 1.10 bits per heavy atom. The Kier molecular flexibility index (Phi) is 5.98. The van der Waals surface area contributed by atoms with Gasteiger partial charge in [-0.3, -0.25) is 0 Å². The van der Waals surface area contributed by atoms with Crippen molar-refractivity contribution >= 4 is 0 Å². The van der Waals surface area contributed by atoms with E-state index in [0.717, 1.165) is 55.6 Å². The van der Waals surface area contributed by atoms with Crippen molar-refractivity contribution in [1.29, 1.82) is 0 Å². The van der Waals surface area contributed by atoms with Crippen LogP contribution in [0.2, 0.25) is 0 Å². The first-order valence-corrected chi connectivity index (χ1v) is 10.9. The van der Waals surface area contributed by atoms with Gasteiger partial charge < -0.3 is 0 Å². The fourth-order valence-corrected chi connectivity index (χ4v) is 5.48. The summed E-state index contributed by atoms with van der Waals surface area (Å²) < 4.78 is 56.4. The zero-order chi connectivity index (χ0) is 20.5. The lowest BCUT2D eigenvalue weighted by atomic mass is 9.68. The van der Waals surface area contributed by atoms with Crippen LogP contribution in [0, 0.1) is 41.0 Å². The Balaban J connectivity index is 1.48. The van der Waals surface area contributed by atoms with E-state index in [1.807, 2.05) is 0 Å². The van der Waals surface area contributed by atoms with E-state index >= 15 is 0 Å². The fraction of sp³-hybridized carbons (Fsp3) is 0.520. The standard InChI is InChI=1S/C25H28F4/c1-15-2-4-16(5-3-15)17-6-8-18(9-7-17)19-12-23(28)25(24(29)13-19)20-10-21(26)14-22(27)11-20/h10-18H,2-9H2,1H3. The largest absolute Gasteiger partial charge is 0.207 e. The highest BCUT2D eigenvalue weighted by molar-refractivity contribution is 5.65. The maximum absolute atomic E-state index is 14.7. The molecule has 29 heavy (non-hydrogen) atoms. The molecule has 0 bridgehead atoms. The molecule has 2 aliphatic carbocycles. The summed E-state index contributed by atoms with van der Waals surface area (Å²) in [5.74, 6) is -0.665. The third-order valence-corrected chi connectivity index (χ3v) is 7.19. The highest BCUT2D eigenvalue weighted by Crippen LogP contribution is 2.44. The highest BCUT2D eigenvalue weighted by atomic mass is 19.1. The van der Waals surface area contributed by atoms with E-state index in [-0.39, 0.29) is 17.0 Å². The molecule has 0 spiro atoms. The molecule has 2 saturated carbocycles. The summed E-state index contributed by atoms with van der Waals surface area (Å²) in [6.45, 7) is 2.33. The molecule has 0 amide bonds. The molecule has 2 aromatic rings. The lowest BCUT2D eigenvalue weighted by Gasteiger charge is -2.37. The SMILES string of the molecule is CC1CCC(C2CCC(c3cc(F)c(-c4cc(F)cc(F)c4)c(F)c3)CC2)CC1. The molecule has 0 aromatic heterocycles. The zero-order valence-electron chi connectivity index (χ0n) is 16.9. The summed E-state index contributed by atoms with van der Waals surface area (Å²) in [4.78, 5) is 0. The smallest absolute Gasteiger partial charge is 0.134 e. The average molecular weight is 404 g/mol. The van der Waals surface area contributed by atoms with Crippen LogP contribution >= 0.6 is 0 Å². The van der Waals surface area contributed by atoms with E-state index in [4.69, 9.17) is 0 Å². The number of rotatable bonds is 3. The van der Waals surface area contributed by atoms with Gasteiger partial charge in [-0.05, 0) is 97.6 Å². The van der Waals surface area contributed by atoms with E-state index in [2.05, 4.69) is 6.92 Å². The van der Waals surface area contributed by atoms with Crippen LogP contribution < -0.4 is 0 Å². The summed E-state index contributed by atoms with van der Waals surface area (Å²) in [5.41, 5.74) is 0.188. The number of hydrogen-bond donors (Lipinski definition) is 0. The first kappa shape index (κ1) is 20.4. The molecule has 156 valence electrons. The van der Waals surface area contributed by atoms with Gasteiger partial charge in [-0.2, -0.15) is 0 Å². The molecule has 0 nitrogen and oxygen atoms in total. The highest BCUT2D eigenvalue weighted by Gasteiger charge is 2.31. The van der Waals surface area contributed by atoms with Crippen LogP contribution in [0.5, 0.6) is 0 Å². The molecule has 4 heteroatoms. The minimum absolute atomic E-state index is 0.112. The van der Waals surface area contributed by atoms with Crippen LogP contribution in [0.1, 0.15) is 69.8 Å². The van der Waals surface area contributed by atoms with Crippen LogP contribution in [0.4, 0.5) is 17.6 Å². The molecule has 4 rings (SSSR count). The number of halogens is 4. The summed E-state index contributed by atoms with van der Waals surface area (Å²) in [7, 11) is 0. The molecule has 0 saturated heterocycles. The van der Waals surface area contributed by atoms with E-state index in [1.165, 1.54) is 37.8 Å². The first-order chi connectivity index (χ1) is 13.9. The van der Waals surface area contributed by atoms with Crippen molar-refractivity contribution in [3.63, 3.8) is 0 Å². The van der Waals surface area contributed by atoms with Gasteiger partial charge in [-0.15, -0.1) is 0 Å². The second-order valence-electron chi connectivity index (χ2n) is 9.15. The van der Waals surface area contributed by atoms with Gasteiger partial charge in [0.2, 0.25) is 0 Å². The van der Waals surface area contributed by atoms with E-state index in [0.29, 0.717) is 11.6 Å². The minimum Gasteiger partial charge on any atom is -0.207 e. The minimum atomic E-state index is -0.849. The van der Waals surface area contributed by atoms with Crippen LogP contribution in [-0.2, 0) is 0 Å². The second kappa shape index (κ2) is 8.49. The van der Waals surface area contributed by atoms with E-state index in [1.54, 1.807) is 0 Å². The van der Waals surface area contributed by atoms with Crippen molar-refractivity contribution in [3.8, 4) is 11.1 Å². The zero-order valence-corrected chi connectivity index (χ0v) is 16.9. The van der Waals surface area contributed by atoms with Crippen molar-refractivity contribution in [2.45, 2.75) is 64.2 Å². The van der Waals surface area contributed by atoms with Gasteiger partial charge in [0.1, 0.15) is 23.3 Å². The summed E-state index contributed by atoms with van der Waals surface area (Å²) >= 11 is 0. The molecule has 2 aliphatic rings. The van der Waals surface area contributed by atoms with Gasteiger partial charge in [-0.1, -0.05) is 19.8 Å². The van der Waals surface area contributed by atoms with Crippen LogP contribution in [-0.4, -0.2) is 0 Å². The first-order valence-electron chi connectivity index (χ1n) is 10.9. The van der Waals surface area contributed by atoms with Gasteiger partial charge >= 0.3 is 0 Å². The van der Waals surface area contributed by atoms with Gasteiger partial charge in [0.25, 0.3) is 0 Å². The Morgan fingerprint density at radius 3 is 1.62 bits per heavy atom. The van der Waals surface area contributed by atoms with Crippen molar-refractivity contribution in [1.82, 2.24) is 0 Å². The molecule has 0 aliphatic heterocycles. The Labute approximate surface area is 170 Å². The molecule has 2 fully saturated rings. The molecular weight excluding hydrogens is 376 g/mol. The molecule has 0 N–H and O–H groups in total. The lowest BCUT2D eigenvalue weighted by molar-refractivity contribution is 0.165. The van der Waals surface area contributed by atoms with Gasteiger partial charge in [-0.25, -0.2) is 17.6 Å². The number of benzene rings is 2. The molecule has 0 radical (unpaired) electrons. The fourth-order valence-electron chi connectivity index (χ4n) is 5.48. The van der Waals surface area contributed by atoms with Gasteiger partial charge in [0, 0.05) is 6.07 Å². The van der Waals surface area contributed by atoms with Crippen molar-refractivity contribution in [2.24, 2.45) is 17.8 Å². The van der Waals surface area contributed by atoms with Crippen molar-refractivity contribution in [2.75, 3.05) is 0 Å². The van der Waals surface area contributed by atoms with E-state index < -0.39 is 23.3 Å². The average Bonchev–Trinajstić information content (AvgIpc) is 2.67. The van der Waals surface area contributed by atoms with Gasteiger partial charge in [0.15, 0.2) is 0 Å². The Hall–Kier alpha value is -1.84. The van der Waals surface area contributed by atoms with Crippen molar-refractivity contribution < 1.29 is 17.6 Å². The monoisotopic (exact) mass is 404 g/mol. The maximum Gasteiger partial charge on any atom is 0.134 e.